The number of fused-ring (bicyclic) bond motifs is 1. The Hall–Kier alpha value is -1.66. The van der Waals surface area contributed by atoms with Crippen molar-refractivity contribution in [2.24, 2.45) is 5.73 Å². The fourth-order valence-corrected chi connectivity index (χ4v) is 2.11. The van der Waals surface area contributed by atoms with Gasteiger partial charge < -0.3 is 16.4 Å². The first-order valence-corrected chi connectivity index (χ1v) is 6.19. The summed E-state index contributed by atoms with van der Waals surface area (Å²) in [6.45, 7) is 0.969. The topological polar surface area (TPSA) is 84.2 Å². The first-order valence-electron chi connectivity index (χ1n) is 6.19. The molecule has 1 aromatic rings. The van der Waals surface area contributed by atoms with E-state index in [2.05, 4.69) is 10.6 Å². The number of amides is 2. The molecule has 1 aliphatic heterocycles. The Labute approximate surface area is 122 Å². The monoisotopic (exact) mass is 301 g/mol. The van der Waals surface area contributed by atoms with Crippen LogP contribution in [0, 0.1) is 5.82 Å². The molecule has 0 spiro atoms. The molecule has 0 aromatic heterocycles. The van der Waals surface area contributed by atoms with Crippen LogP contribution in [-0.2, 0) is 9.59 Å². The zero-order chi connectivity index (χ0) is 13.8. The highest BCUT2D eigenvalue weighted by molar-refractivity contribution is 6.01. The van der Waals surface area contributed by atoms with E-state index in [0.717, 1.165) is 0 Å². The van der Waals surface area contributed by atoms with Crippen molar-refractivity contribution in [1.82, 2.24) is 5.32 Å². The molecule has 2 amide bonds. The highest BCUT2D eigenvalue weighted by Crippen LogP contribution is 2.32. The molecule has 7 heteroatoms. The largest absolute Gasteiger partial charge is 0.356 e. The minimum Gasteiger partial charge on any atom is -0.356 e. The van der Waals surface area contributed by atoms with Crippen molar-refractivity contribution < 1.29 is 14.0 Å². The van der Waals surface area contributed by atoms with Gasteiger partial charge in [-0.3, -0.25) is 9.59 Å². The third-order valence-corrected chi connectivity index (χ3v) is 3.05. The predicted molar refractivity (Wildman–Crippen MR) is 76.3 cm³/mol. The standard InChI is InChI=1S/C13H16FN3O2.ClH/c14-8-2-3-9-10(13(19)16-5-1-4-15)7-12(18)17-11(9)6-8;/h2-3,6,10H,1,4-5,7,15H2,(H,16,19)(H,17,18);1H. The van der Waals surface area contributed by atoms with E-state index < -0.39 is 11.7 Å². The lowest BCUT2D eigenvalue weighted by Gasteiger charge is -2.24. The van der Waals surface area contributed by atoms with Crippen LogP contribution in [-0.4, -0.2) is 24.9 Å². The van der Waals surface area contributed by atoms with Crippen LogP contribution in [0.1, 0.15) is 24.3 Å². The molecule has 0 saturated carbocycles. The van der Waals surface area contributed by atoms with Crippen molar-refractivity contribution in [3.63, 3.8) is 0 Å². The number of hydrogen-bond donors (Lipinski definition) is 3. The molecule has 1 aromatic carbocycles. The quantitative estimate of drug-likeness (QED) is 0.729. The van der Waals surface area contributed by atoms with E-state index in [1.807, 2.05) is 0 Å². The summed E-state index contributed by atoms with van der Waals surface area (Å²) in [5.41, 5.74) is 6.37. The molecule has 2 rings (SSSR count). The zero-order valence-corrected chi connectivity index (χ0v) is 11.6. The molecule has 1 aliphatic rings. The number of carbonyl (C=O) groups excluding carboxylic acids is 2. The van der Waals surface area contributed by atoms with Gasteiger partial charge >= 0.3 is 0 Å². The van der Waals surface area contributed by atoms with Gasteiger partial charge in [0, 0.05) is 18.7 Å². The van der Waals surface area contributed by atoms with Crippen LogP contribution in [0.2, 0.25) is 0 Å². The summed E-state index contributed by atoms with van der Waals surface area (Å²) in [5.74, 6) is -1.52. The van der Waals surface area contributed by atoms with Gasteiger partial charge in [0.1, 0.15) is 5.82 Å². The van der Waals surface area contributed by atoms with Crippen molar-refractivity contribution in [2.75, 3.05) is 18.4 Å². The van der Waals surface area contributed by atoms with Crippen LogP contribution in [0.25, 0.3) is 0 Å². The van der Waals surface area contributed by atoms with E-state index in [9.17, 15) is 14.0 Å². The smallest absolute Gasteiger partial charge is 0.228 e. The highest BCUT2D eigenvalue weighted by Gasteiger charge is 2.30. The van der Waals surface area contributed by atoms with E-state index in [1.54, 1.807) is 0 Å². The molecule has 110 valence electrons. The molecule has 0 bridgehead atoms. The number of anilines is 1. The molecule has 20 heavy (non-hydrogen) atoms. The van der Waals surface area contributed by atoms with E-state index in [4.69, 9.17) is 5.73 Å². The summed E-state index contributed by atoms with van der Waals surface area (Å²) in [6, 6.07) is 4.06. The summed E-state index contributed by atoms with van der Waals surface area (Å²) in [5, 5.41) is 5.31. The molecule has 0 aliphatic carbocycles. The van der Waals surface area contributed by atoms with Crippen LogP contribution >= 0.6 is 12.4 Å². The van der Waals surface area contributed by atoms with Crippen LogP contribution in [0.4, 0.5) is 10.1 Å². The van der Waals surface area contributed by atoms with E-state index in [-0.39, 0.29) is 30.6 Å². The van der Waals surface area contributed by atoms with Crippen LogP contribution in [0.15, 0.2) is 18.2 Å². The fraction of sp³-hybridized carbons (Fsp3) is 0.385. The third kappa shape index (κ3) is 3.68. The maximum absolute atomic E-state index is 13.1. The van der Waals surface area contributed by atoms with Gasteiger partial charge in [-0.1, -0.05) is 6.07 Å². The lowest BCUT2D eigenvalue weighted by Crippen LogP contribution is -2.36. The molecule has 5 nitrogen and oxygen atoms in total. The highest BCUT2D eigenvalue weighted by atomic mass is 35.5. The summed E-state index contributed by atoms with van der Waals surface area (Å²) in [4.78, 5) is 23.6. The lowest BCUT2D eigenvalue weighted by atomic mass is 9.89. The number of carbonyl (C=O) groups is 2. The second-order valence-corrected chi connectivity index (χ2v) is 4.47. The van der Waals surface area contributed by atoms with Gasteiger partial charge in [-0.05, 0) is 30.7 Å². The van der Waals surface area contributed by atoms with Crippen molar-refractivity contribution >= 4 is 29.9 Å². The van der Waals surface area contributed by atoms with Crippen molar-refractivity contribution in [1.29, 1.82) is 0 Å². The van der Waals surface area contributed by atoms with Crippen LogP contribution in [0.3, 0.4) is 0 Å². The van der Waals surface area contributed by atoms with Gasteiger partial charge in [0.2, 0.25) is 11.8 Å². The Kier molecular flexibility index (Phi) is 5.91. The SMILES string of the molecule is Cl.NCCCNC(=O)C1CC(=O)Nc2cc(F)ccc21. The Morgan fingerprint density at radius 2 is 2.25 bits per heavy atom. The number of nitrogens with two attached hydrogens (primary N) is 1. The molecule has 0 fully saturated rings. The molecule has 1 heterocycles. The summed E-state index contributed by atoms with van der Waals surface area (Å²) in [6.07, 6.45) is 0.758. The van der Waals surface area contributed by atoms with Gasteiger partial charge in [-0.2, -0.15) is 0 Å². The van der Waals surface area contributed by atoms with E-state index >= 15 is 0 Å². The molecule has 0 saturated heterocycles. The van der Waals surface area contributed by atoms with Crippen LogP contribution < -0.4 is 16.4 Å². The average Bonchev–Trinajstić information content (AvgIpc) is 2.37. The molecule has 1 atom stereocenters. The van der Waals surface area contributed by atoms with E-state index in [0.29, 0.717) is 30.8 Å². The van der Waals surface area contributed by atoms with Gasteiger partial charge in [-0.25, -0.2) is 4.39 Å². The van der Waals surface area contributed by atoms with Crippen molar-refractivity contribution in [3.8, 4) is 0 Å². The molecular formula is C13H17ClFN3O2. The summed E-state index contributed by atoms with van der Waals surface area (Å²) >= 11 is 0. The summed E-state index contributed by atoms with van der Waals surface area (Å²) < 4.78 is 13.1. The first kappa shape index (κ1) is 16.4. The zero-order valence-electron chi connectivity index (χ0n) is 10.8. The number of rotatable bonds is 4. The van der Waals surface area contributed by atoms with Crippen molar-refractivity contribution in [3.05, 3.63) is 29.6 Å². The number of hydrogen-bond acceptors (Lipinski definition) is 3. The minimum absolute atomic E-state index is 0. The fourth-order valence-electron chi connectivity index (χ4n) is 2.11. The number of halogens is 2. The molecule has 4 N–H and O–H groups in total. The Bertz CT molecular complexity index is 510. The number of benzene rings is 1. The van der Waals surface area contributed by atoms with Gasteiger partial charge in [0.15, 0.2) is 0 Å². The normalized spacial score (nSPS) is 16.7. The first-order chi connectivity index (χ1) is 9.11. The van der Waals surface area contributed by atoms with Gasteiger partial charge in [0.05, 0.1) is 5.92 Å². The molecular weight excluding hydrogens is 285 g/mol. The minimum atomic E-state index is -0.567. The Balaban J connectivity index is 0.00000200. The lowest BCUT2D eigenvalue weighted by molar-refractivity contribution is -0.126. The predicted octanol–water partition coefficient (Wildman–Crippen LogP) is 1.14. The average molecular weight is 302 g/mol. The summed E-state index contributed by atoms with van der Waals surface area (Å²) in [7, 11) is 0. The Morgan fingerprint density at radius 3 is 2.95 bits per heavy atom. The third-order valence-electron chi connectivity index (χ3n) is 3.05. The maximum atomic E-state index is 13.1. The van der Waals surface area contributed by atoms with Crippen LogP contribution in [0.5, 0.6) is 0 Å². The Morgan fingerprint density at radius 1 is 1.50 bits per heavy atom. The van der Waals surface area contributed by atoms with Gasteiger partial charge in [-0.15, -0.1) is 12.4 Å². The van der Waals surface area contributed by atoms with E-state index in [1.165, 1.54) is 18.2 Å². The second-order valence-electron chi connectivity index (χ2n) is 4.47. The molecule has 0 radical (unpaired) electrons. The van der Waals surface area contributed by atoms with Crippen molar-refractivity contribution in [2.45, 2.75) is 18.8 Å². The maximum Gasteiger partial charge on any atom is 0.228 e. The second kappa shape index (κ2) is 7.21. The number of nitrogens with one attached hydrogen (secondary N) is 2. The van der Waals surface area contributed by atoms with Gasteiger partial charge in [0.25, 0.3) is 0 Å². The molecule has 1 unspecified atom stereocenters.